The number of carbonyl (C=O) groups excluding carboxylic acids is 1. The lowest BCUT2D eigenvalue weighted by Crippen LogP contribution is -2.52. The number of thiophene rings is 1. The predicted octanol–water partition coefficient (Wildman–Crippen LogP) is 3.43. The molecule has 0 saturated carbocycles. The van der Waals surface area contributed by atoms with E-state index in [0.29, 0.717) is 13.1 Å². The van der Waals surface area contributed by atoms with Crippen LogP contribution >= 0.6 is 11.3 Å². The third-order valence-electron chi connectivity index (χ3n) is 6.35. The average Bonchev–Trinajstić information content (AvgIpc) is 3.14. The van der Waals surface area contributed by atoms with Crippen molar-refractivity contribution >= 4 is 27.3 Å². The van der Waals surface area contributed by atoms with Crippen LogP contribution in [0.4, 0.5) is 0 Å². The molecular formula is C23H25N3O2S. The second kappa shape index (κ2) is 7.11. The molecule has 4 heterocycles. The van der Waals surface area contributed by atoms with Gasteiger partial charge in [0.1, 0.15) is 0 Å². The van der Waals surface area contributed by atoms with Crippen molar-refractivity contribution in [2.75, 3.05) is 33.7 Å². The van der Waals surface area contributed by atoms with Crippen LogP contribution in [-0.4, -0.2) is 54.0 Å². The van der Waals surface area contributed by atoms with Gasteiger partial charge in [-0.05, 0) is 38.6 Å². The molecule has 3 atom stereocenters. The third kappa shape index (κ3) is 3.11. The highest BCUT2D eigenvalue weighted by Gasteiger charge is 2.42. The van der Waals surface area contributed by atoms with E-state index in [2.05, 4.69) is 17.0 Å². The first-order chi connectivity index (χ1) is 14.0. The maximum Gasteiger partial charge on any atom is 0.255 e. The smallest absolute Gasteiger partial charge is 0.255 e. The first-order valence-electron chi connectivity index (χ1n) is 10.1. The minimum atomic E-state index is 0.0765. The van der Waals surface area contributed by atoms with Crippen LogP contribution in [0.2, 0.25) is 0 Å². The summed E-state index contributed by atoms with van der Waals surface area (Å²) in [6, 6.07) is 13.8. The van der Waals surface area contributed by atoms with Gasteiger partial charge in [0.15, 0.2) is 0 Å². The van der Waals surface area contributed by atoms with Gasteiger partial charge in [-0.2, -0.15) is 0 Å². The Balaban J connectivity index is 1.52. The maximum absolute atomic E-state index is 13.5. The summed E-state index contributed by atoms with van der Waals surface area (Å²) in [5.41, 5.74) is 1.96. The van der Waals surface area contributed by atoms with Crippen LogP contribution in [0.25, 0.3) is 10.1 Å². The first-order valence-corrected chi connectivity index (χ1v) is 11.0. The van der Waals surface area contributed by atoms with Crippen LogP contribution in [0.3, 0.4) is 0 Å². The highest BCUT2D eigenvalue weighted by molar-refractivity contribution is 7.17. The van der Waals surface area contributed by atoms with Crippen LogP contribution in [0.5, 0.6) is 0 Å². The van der Waals surface area contributed by atoms with Crippen molar-refractivity contribution in [2.45, 2.75) is 18.4 Å². The number of hydrogen-bond donors (Lipinski definition) is 0. The highest BCUT2D eigenvalue weighted by Crippen LogP contribution is 2.42. The van der Waals surface area contributed by atoms with Gasteiger partial charge in [0, 0.05) is 52.8 Å². The van der Waals surface area contributed by atoms with Crippen molar-refractivity contribution in [1.82, 2.24) is 14.4 Å². The Morgan fingerprint density at radius 3 is 2.79 bits per heavy atom. The number of likely N-dealkylation sites (N-methyl/N-ethyl adjacent to an activating group) is 1. The summed E-state index contributed by atoms with van der Waals surface area (Å²) in [5.74, 6) is 0.625. The average molecular weight is 408 g/mol. The molecule has 0 spiro atoms. The fraction of sp³-hybridized carbons (Fsp3) is 0.391. The Hall–Kier alpha value is -2.44. The van der Waals surface area contributed by atoms with Gasteiger partial charge in [0.2, 0.25) is 0 Å². The van der Waals surface area contributed by atoms with Crippen molar-refractivity contribution < 1.29 is 4.79 Å². The zero-order chi connectivity index (χ0) is 20.1. The van der Waals surface area contributed by atoms with Gasteiger partial charge in [0.25, 0.3) is 11.5 Å². The van der Waals surface area contributed by atoms with E-state index in [1.807, 2.05) is 53.2 Å². The molecule has 0 aliphatic carbocycles. The lowest BCUT2D eigenvalue weighted by atomic mass is 9.78. The number of aromatic nitrogens is 1. The molecule has 2 aliphatic rings. The molecule has 1 saturated heterocycles. The van der Waals surface area contributed by atoms with Crippen LogP contribution in [0.1, 0.15) is 34.4 Å². The summed E-state index contributed by atoms with van der Waals surface area (Å²) in [4.78, 5) is 30.3. The van der Waals surface area contributed by atoms with E-state index in [-0.39, 0.29) is 29.3 Å². The van der Waals surface area contributed by atoms with Crippen molar-refractivity contribution in [3.05, 3.63) is 69.5 Å². The van der Waals surface area contributed by atoms with Crippen molar-refractivity contribution in [1.29, 1.82) is 0 Å². The van der Waals surface area contributed by atoms with E-state index in [0.717, 1.165) is 34.3 Å². The molecule has 2 aromatic heterocycles. The van der Waals surface area contributed by atoms with Crippen molar-refractivity contribution in [2.24, 2.45) is 5.92 Å². The van der Waals surface area contributed by atoms with E-state index < -0.39 is 0 Å². The number of pyridine rings is 1. The third-order valence-corrected chi connectivity index (χ3v) is 7.31. The SMILES string of the molecule is CN(C)C[C@H]1[C@H]2C[C@H](CN(C(=O)c3csc4ccccc34)C2)c2cccc(=O)n21. The predicted molar refractivity (Wildman–Crippen MR) is 117 cm³/mol. The number of nitrogens with zero attached hydrogens (tertiary/aromatic N) is 3. The van der Waals surface area contributed by atoms with Gasteiger partial charge in [-0.3, -0.25) is 9.59 Å². The number of rotatable bonds is 3. The zero-order valence-corrected chi connectivity index (χ0v) is 17.6. The van der Waals surface area contributed by atoms with Gasteiger partial charge in [-0.25, -0.2) is 0 Å². The van der Waals surface area contributed by atoms with Gasteiger partial charge < -0.3 is 14.4 Å². The molecule has 1 aromatic carbocycles. The number of fused-ring (bicyclic) bond motifs is 5. The van der Waals surface area contributed by atoms with Crippen LogP contribution in [-0.2, 0) is 0 Å². The summed E-state index contributed by atoms with van der Waals surface area (Å²) in [6.45, 7) is 2.19. The first kappa shape index (κ1) is 18.6. The molecule has 2 bridgehead atoms. The topological polar surface area (TPSA) is 45.6 Å². The summed E-state index contributed by atoms with van der Waals surface area (Å²) in [7, 11) is 4.09. The largest absolute Gasteiger partial charge is 0.338 e. The molecule has 0 unspecified atom stereocenters. The summed E-state index contributed by atoms with van der Waals surface area (Å²) >= 11 is 1.63. The Morgan fingerprint density at radius 2 is 1.97 bits per heavy atom. The maximum atomic E-state index is 13.5. The number of benzene rings is 1. The van der Waals surface area contributed by atoms with Gasteiger partial charge in [-0.15, -0.1) is 11.3 Å². The minimum absolute atomic E-state index is 0.0765. The molecule has 5 nitrogen and oxygen atoms in total. The molecule has 1 amide bonds. The molecule has 29 heavy (non-hydrogen) atoms. The minimum Gasteiger partial charge on any atom is -0.338 e. The number of likely N-dealkylation sites (tertiary alicyclic amines) is 1. The van der Waals surface area contributed by atoms with Crippen LogP contribution < -0.4 is 5.56 Å². The van der Waals surface area contributed by atoms with E-state index >= 15 is 0 Å². The molecule has 2 aliphatic heterocycles. The molecular weight excluding hydrogens is 382 g/mol. The van der Waals surface area contributed by atoms with E-state index in [1.54, 1.807) is 17.4 Å². The fourth-order valence-corrected chi connectivity index (χ4v) is 6.07. The zero-order valence-electron chi connectivity index (χ0n) is 16.7. The van der Waals surface area contributed by atoms with Gasteiger partial charge in [0.05, 0.1) is 11.6 Å². The van der Waals surface area contributed by atoms with Gasteiger partial charge >= 0.3 is 0 Å². The van der Waals surface area contributed by atoms with Crippen molar-refractivity contribution in [3.63, 3.8) is 0 Å². The second-order valence-electron chi connectivity index (χ2n) is 8.54. The summed E-state index contributed by atoms with van der Waals surface area (Å²) in [6.07, 6.45) is 1.04. The Kier molecular flexibility index (Phi) is 4.56. The quantitative estimate of drug-likeness (QED) is 0.668. The lowest BCUT2D eigenvalue weighted by molar-refractivity contribution is 0.0500. The van der Waals surface area contributed by atoms with Crippen molar-refractivity contribution in [3.8, 4) is 0 Å². The van der Waals surface area contributed by atoms with Crippen LogP contribution in [0, 0.1) is 5.92 Å². The fourth-order valence-electron chi connectivity index (χ4n) is 5.13. The van der Waals surface area contributed by atoms with Crippen LogP contribution in [0.15, 0.2) is 52.6 Å². The molecule has 5 rings (SSSR count). The van der Waals surface area contributed by atoms with E-state index in [1.165, 1.54) is 0 Å². The summed E-state index contributed by atoms with van der Waals surface area (Å²) < 4.78 is 3.15. The Bertz CT molecular complexity index is 1130. The Morgan fingerprint density at radius 1 is 1.14 bits per heavy atom. The second-order valence-corrected chi connectivity index (χ2v) is 9.45. The highest BCUT2D eigenvalue weighted by atomic mass is 32.1. The number of piperidine rings is 1. The molecule has 150 valence electrons. The van der Waals surface area contributed by atoms with Gasteiger partial charge in [-0.1, -0.05) is 24.3 Å². The number of hydrogen-bond acceptors (Lipinski definition) is 4. The molecule has 6 heteroatoms. The Labute approximate surface area is 174 Å². The monoisotopic (exact) mass is 407 g/mol. The standard InChI is InChI=1S/C23H25N3O2S/c1-24(2)13-20-16-10-15(19-7-5-9-22(27)26(19)20)11-25(12-16)23(28)18-14-29-21-8-4-3-6-17(18)21/h3-9,14-16,20H,10-13H2,1-2H3/t15-,16+,20+/m1/s1. The van der Waals surface area contributed by atoms with E-state index in [9.17, 15) is 9.59 Å². The summed E-state index contributed by atoms with van der Waals surface area (Å²) in [5, 5.41) is 3.03. The lowest BCUT2D eigenvalue weighted by Gasteiger charge is -2.47. The molecule has 1 fully saturated rings. The van der Waals surface area contributed by atoms with E-state index in [4.69, 9.17) is 0 Å². The molecule has 3 aromatic rings. The molecule has 0 N–H and O–H groups in total. The number of amides is 1. The normalized spacial score (nSPS) is 23.4. The molecule has 0 radical (unpaired) electrons. The number of carbonyl (C=O) groups is 1.